The van der Waals surface area contributed by atoms with E-state index in [1.807, 2.05) is 0 Å². The van der Waals surface area contributed by atoms with Gasteiger partial charge in [-0.3, -0.25) is 0 Å². The van der Waals surface area contributed by atoms with Gasteiger partial charge in [-0.1, -0.05) is 37.5 Å². The molecule has 0 fully saturated rings. The summed E-state index contributed by atoms with van der Waals surface area (Å²) >= 11 is 0. The topological polar surface area (TPSA) is 0 Å². The van der Waals surface area contributed by atoms with Gasteiger partial charge in [-0.2, -0.15) is 0 Å². The van der Waals surface area contributed by atoms with Crippen molar-refractivity contribution in [2.75, 3.05) is 0 Å². The molecule has 0 aromatic heterocycles. The Hall–Kier alpha value is -0.520. The molecule has 0 bridgehead atoms. The third kappa shape index (κ3) is 6.94. The van der Waals surface area contributed by atoms with E-state index in [0.29, 0.717) is 0 Å². The summed E-state index contributed by atoms with van der Waals surface area (Å²) in [6.07, 6.45) is 23.5. The van der Waals surface area contributed by atoms with Crippen molar-refractivity contribution in [1.82, 2.24) is 0 Å². The first-order valence-corrected chi connectivity index (χ1v) is 6.20. The van der Waals surface area contributed by atoms with E-state index in [-0.39, 0.29) is 0 Å². The largest absolute Gasteiger partial charge is 0.0885 e. The Balaban J connectivity index is 2.16. The van der Waals surface area contributed by atoms with Gasteiger partial charge in [0, 0.05) is 0 Å². The van der Waals surface area contributed by atoms with Gasteiger partial charge in [0.05, 0.1) is 0 Å². The van der Waals surface area contributed by atoms with Crippen LogP contribution >= 0.6 is 0 Å². The summed E-state index contributed by atoms with van der Waals surface area (Å²) in [5, 5.41) is 0. The Bertz CT molecular complexity index is 147. The summed E-state index contributed by atoms with van der Waals surface area (Å²) in [7, 11) is 0. The quantitative estimate of drug-likeness (QED) is 0.482. The van der Waals surface area contributed by atoms with Gasteiger partial charge < -0.3 is 0 Å². The normalized spacial score (nSPS) is 26.3. The van der Waals surface area contributed by atoms with Gasteiger partial charge in [0.2, 0.25) is 0 Å². The molecular weight excluding hydrogens is 168 g/mol. The van der Waals surface area contributed by atoms with Crippen molar-refractivity contribution in [3.05, 3.63) is 24.3 Å². The molecule has 1 aliphatic rings. The maximum Gasteiger partial charge on any atom is -0.0279 e. The van der Waals surface area contributed by atoms with E-state index < -0.39 is 0 Å². The van der Waals surface area contributed by atoms with Crippen molar-refractivity contribution >= 4 is 0 Å². The van der Waals surface area contributed by atoms with Crippen LogP contribution < -0.4 is 0 Å². The van der Waals surface area contributed by atoms with Gasteiger partial charge in [0.1, 0.15) is 0 Å². The molecule has 0 unspecified atom stereocenters. The Morgan fingerprint density at radius 3 is 2.29 bits per heavy atom. The van der Waals surface area contributed by atoms with E-state index in [9.17, 15) is 0 Å². The highest BCUT2D eigenvalue weighted by Crippen LogP contribution is 2.09. The summed E-state index contributed by atoms with van der Waals surface area (Å²) in [6.45, 7) is 0. The molecule has 0 amide bonds. The predicted molar refractivity (Wildman–Crippen MR) is 63.1 cm³/mol. The van der Waals surface area contributed by atoms with Crippen molar-refractivity contribution in [3.63, 3.8) is 0 Å². The molecule has 0 saturated heterocycles. The van der Waals surface area contributed by atoms with Crippen LogP contribution in [0.2, 0.25) is 0 Å². The molecular formula is C14H23. The smallest absolute Gasteiger partial charge is 0.0279 e. The SMILES string of the molecule is [C]1=C/CCC/C=C\CCCCCCC/1. The second-order valence-corrected chi connectivity index (χ2v) is 4.12. The highest BCUT2D eigenvalue weighted by Gasteiger charge is 1.90. The van der Waals surface area contributed by atoms with E-state index in [4.69, 9.17) is 0 Å². The highest BCUT2D eigenvalue weighted by atomic mass is 14.0. The van der Waals surface area contributed by atoms with Crippen molar-refractivity contribution in [1.29, 1.82) is 0 Å². The second-order valence-electron chi connectivity index (χ2n) is 4.12. The summed E-state index contributed by atoms with van der Waals surface area (Å²) in [4.78, 5) is 0. The van der Waals surface area contributed by atoms with Crippen LogP contribution in [0.5, 0.6) is 0 Å². The number of rotatable bonds is 0. The van der Waals surface area contributed by atoms with E-state index in [0.717, 1.165) is 0 Å². The average molecular weight is 191 g/mol. The Morgan fingerprint density at radius 1 is 0.643 bits per heavy atom. The molecule has 0 heterocycles. The number of hydrogen-bond donors (Lipinski definition) is 0. The number of hydrogen-bond acceptors (Lipinski definition) is 0. The minimum absolute atomic E-state index is 1.18. The first kappa shape index (κ1) is 11.6. The van der Waals surface area contributed by atoms with Crippen LogP contribution in [0.15, 0.2) is 18.2 Å². The molecule has 0 N–H and O–H groups in total. The first-order valence-electron chi connectivity index (χ1n) is 6.20. The van der Waals surface area contributed by atoms with Crippen LogP contribution in [0.1, 0.15) is 64.2 Å². The van der Waals surface area contributed by atoms with Crippen LogP contribution in [0, 0.1) is 6.08 Å². The molecule has 1 rings (SSSR count). The van der Waals surface area contributed by atoms with E-state index in [1.54, 1.807) is 0 Å². The van der Waals surface area contributed by atoms with Crippen molar-refractivity contribution in [2.24, 2.45) is 0 Å². The van der Waals surface area contributed by atoms with Crippen LogP contribution in [-0.4, -0.2) is 0 Å². The summed E-state index contributed by atoms with van der Waals surface area (Å²) in [5.41, 5.74) is 0. The van der Waals surface area contributed by atoms with Crippen molar-refractivity contribution in [2.45, 2.75) is 64.2 Å². The Labute approximate surface area is 89.1 Å². The lowest BCUT2D eigenvalue weighted by molar-refractivity contribution is 0.617. The lowest BCUT2D eigenvalue weighted by atomic mass is 10.1. The van der Waals surface area contributed by atoms with Gasteiger partial charge in [0.15, 0.2) is 0 Å². The standard InChI is InChI=1S/C14H23/c1-2-4-6-8-10-12-14-13-11-9-7-5-3-1/h1-2,9H,3-8,10,12-14H2/b2-1-,11-9?. The van der Waals surface area contributed by atoms with E-state index in [2.05, 4.69) is 24.3 Å². The molecule has 14 heavy (non-hydrogen) atoms. The zero-order valence-electron chi connectivity index (χ0n) is 9.30. The fourth-order valence-electron chi connectivity index (χ4n) is 1.80. The van der Waals surface area contributed by atoms with E-state index in [1.165, 1.54) is 64.2 Å². The second kappa shape index (κ2) is 9.05. The van der Waals surface area contributed by atoms with Crippen LogP contribution in [0.4, 0.5) is 0 Å². The van der Waals surface area contributed by atoms with Crippen LogP contribution in [-0.2, 0) is 0 Å². The molecule has 0 atom stereocenters. The molecule has 0 aromatic carbocycles. The Kier molecular flexibility index (Phi) is 7.47. The fraction of sp³-hybridized carbons (Fsp3) is 0.714. The van der Waals surface area contributed by atoms with Gasteiger partial charge in [0.25, 0.3) is 0 Å². The molecule has 0 aliphatic heterocycles. The number of allylic oxidation sites excluding steroid dienone is 4. The summed E-state index contributed by atoms with van der Waals surface area (Å²) in [6, 6.07) is 0. The third-order valence-corrected chi connectivity index (χ3v) is 2.72. The molecule has 0 heteroatoms. The molecule has 0 aromatic rings. The molecule has 0 spiro atoms. The van der Waals surface area contributed by atoms with Gasteiger partial charge in [-0.25, -0.2) is 0 Å². The molecule has 1 aliphatic carbocycles. The van der Waals surface area contributed by atoms with Crippen LogP contribution in [0.25, 0.3) is 0 Å². The van der Waals surface area contributed by atoms with Crippen LogP contribution in [0.3, 0.4) is 0 Å². The fourth-order valence-corrected chi connectivity index (χ4v) is 1.80. The summed E-state index contributed by atoms with van der Waals surface area (Å²) in [5.74, 6) is 0. The van der Waals surface area contributed by atoms with Gasteiger partial charge in [-0.05, 0) is 51.0 Å². The molecule has 0 saturated carbocycles. The third-order valence-electron chi connectivity index (χ3n) is 2.72. The minimum atomic E-state index is 1.18. The maximum atomic E-state index is 3.39. The van der Waals surface area contributed by atoms with E-state index >= 15 is 0 Å². The van der Waals surface area contributed by atoms with Gasteiger partial charge >= 0.3 is 0 Å². The van der Waals surface area contributed by atoms with Crippen molar-refractivity contribution < 1.29 is 0 Å². The average Bonchev–Trinajstić information content (AvgIpc) is 2.22. The maximum absolute atomic E-state index is 3.39. The lowest BCUT2D eigenvalue weighted by Crippen LogP contribution is -1.80. The Morgan fingerprint density at radius 2 is 1.36 bits per heavy atom. The zero-order valence-corrected chi connectivity index (χ0v) is 9.30. The monoisotopic (exact) mass is 191 g/mol. The highest BCUT2D eigenvalue weighted by molar-refractivity contribution is 4.83. The molecule has 0 nitrogen and oxygen atoms in total. The van der Waals surface area contributed by atoms with Crippen molar-refractivity contribution in [3.8, 4) is 0 Å². The predicted octanol–water partition coefficient (Wildman–Crippen LogP) is 4.82. The molecule has 1 radical (unpaired) electrons. The first-order chi connectivity index (χ1) is 7.00. The van der Waals surface area contributed by atoms with Gasteiger partial charge in [-0.15, -0.1) is 0 Å². The minimum Gasteiger partial charge on any atom is -0.0885 e. The summed E-state index contributed by atoms with van der Waals surface area (Å²) < 4.78 is 0. The molecule has 79 valence electrons. The lowest BCUT2D eigenvalue weighted by Gasteiger charge is -1.99. The zero-order chi connectivity index (χ0) is 9.90.